The summed E-state index contributed by atoms with van der Waals surface area (Å²) in [5.74, 6) is 0.541. The van der Waals surface area contributed by atoms with Gasteiger partial charge >= 0.3 is 5.97 Å². The second-order valence-corrected chi connectivity index (χ2v) is 5.32. The molecule has 2 N–H and O–H groups in total. The monoisotopic (exact) mass is 297 g/mol. The number of thioether (sulfide) groups is 1. The summed E-state index contributed by atoms with van der Waals surface area (Å²) in [5.41, 5.74) is 6.51. The van der Waals surface area contributed by atoms with E-state index in [9.17, 15) is 4.79 Å². The van der Waals surface area contributed by atoms with Crippen molar-refractivity contribution in [3.8, 4) is 0 Å². The Labute approximate surface area is 124 Å². The van der Waals surface area contributed by atoms with Crippen LogP contribution in [0.3, 0.4) is 0 Å². The van der Waals surface area contributed by atoms with E-state index in [-0.39, 0.29) is 0 Å². The lowest BCUT2D eigenvalue weighted by Crippen LogP contribution is -2.25. The molecule has 20 heavy (non-hydrogen) atoms. The Hall–Kier alpha value is -1.27. The normalized spacial score (nSPS) is 10.8. The van der Waals surface area contributed by atoms with Gasteiger partial charge < -0.3 is 15.4 Å². The van der Waals surface area contributed by atoms with E-state index in [0.29, 0.717) is 17.9 Å². The highest BCUT2D eigenvalue weighted by Crippen LogP contribution is 2.21. The molecule has 0 saturated heterocycles. The lowest BCUT2D eigenvalue weighted by molar-refractivity contribution is 0.0527. The molecule has 0 aliphatic heterocycles. The summed E-state index contributed by atoms with van der Waals surface area (Å²) in [5, 5.41) is 0.800. The number of aromatic nitrogens is 1. The quantitative estimate of drug-likeness (QED) is 0.586. The maximum Gasteiger partial charge on any atom is 0.340 e. The van der Waals surface area contributed by atoms with Crippen molar-refractivity contribution in [1.82, 2.24) is 9.88 Å². The molecule has 0 aliphatic rings. The molecule has 0 saturated carbocycles. The van der Waals surface area contributed by atoms with Crippen molar-refractivity contribution in [3.63, 3.8) is 0 Å². The molecule has 0 bridgehead atoms. The third-order valence-electron chi connectivity index (χ3n) is 2.96. The van der Waals surface area contributed by atoms with E-state index in [0.717, 1.165) is 30.4 Å². The molecule has 0 atom stereocenters. The van der Waals surface area contributed by atoms with Crippen LogP contribution in [0.1, 0.15) is 31.1 Å². The summed E-state index contributed by atoms with van der Waals surface area (Å²) in [6.45, 7) is 9.49. The van der Waals surface area contributed by atoms with Crippen LogP contribution in [0.15, 0.2) is 17.3 Å². The highest BCUT2D eigenvalue weighted by Gasteiger charge is 2.12. The van der Waals surface area contributed by atoms with Crippen LogP contribution in [-0.4, -0.2) is 47.8 Å². The molecule has 1 heterocycles. The molecule has 0 fully saturated rings. The van der Waals surface area contributed by atoms with Gasteiger partial charge in [-0.2, -0.15) is 0 Å². The maximum absolute atomic E-state index is 11.7. The van der Waals surface area contributed by atoms with Crippen molar-refractivity contribution in [1.29, 1.82) is 0 Å². The number of pyridine rings is 1. The largest absolute Gasteiger partial charge is 0.462 e. The molecular formula is C14H23N3O2S. The number of ether oxygens (including phenoxy) is 1. The van der Waals surface area contributed by atoms with Crippen LogP contribution in [0, 0.1) is 0 Å². The summed E-state index contributed by atoms with van der Waals surface area (Å²) >= 11 is 1.62. The van der Waals surface area contributed by atoms with Crippen molar-refractivity contribution in [3.05, 3.63) is 17.8 Å². The number of hydrogen-bond donors (Lipinski definition) is 1. The highest BCUT2D eigenvalue weighted by molar-refractivity contribution is 7.99. The van der Waals surface area contributed by atoms with E-state index in [2.05, 4.69) is 23.7 Å². The Morgan fingerprint density at radius 1 is 1.40 bits per heavy atom. The second kappa shape index (κ2) is 8.81. The summed E-state index contributed by atoms with van der Waals surface area (Å²) in [6, 6.07) is 1.71. The zero-order valence-electron chi connectivity index (χ0n) is 12.4. The molecular weight excluding hydrogens is 274 g/mol. The van der Waals surface area contributed by atoms with Crippen molar-refractivity contribution in [2.24, 2.45) is 0 Å². The number of carbonyl (C=O) groups excluding carboxylic acids is 1. The average molecular weight is 297 g/mol. The van der Waals surface area contributed by atoms with E-state index >= 15 is 0 Å². The average Bonchev–Trinajstić information content (AvgIpc) is 2.45. The first kappa shape index (κ1) is 16.8. The minimum absolute atomic E-state index is 0.338. The number of esters is 1. The molecule has 0 radical (unpaired) electrons. The predicted octanol–water partition coefficient (Wildman–Crippen LogP) is 2.27. The standard InChI is InChI=1S/C14H23N3O2S/c1-4-17(5-2)7-8-20-13-9-11(12(15)10-16-13)14(18)19-6-3/h9-10H,4-8,15H2,1-3H3. The predicted molar refractivity (Wildman–Crippen MR) is 83.1 cm³/mol. The van der Waals surface area contributed by atoms with Crippen LogP contribution in [-0.2, 0) is 4.74 Å². The third kappa shape index (κ3) is 5.02. The lowest BCUT2D eigenvalue weighted by Gasteiger charge is -2.17. The van der Waals surface area contributed by atoms with Gasteiger partial charge in [0.05, 0.1) is 29.1 Å². The smallest absolute Gasteiger partial charge is 0.340 e. The van der Waals surface area contributed by atoms with Crippen LogP contribution in [0.2, 0.25) is 0 Å². The first-order valence-electron chi connectivity index (χ1n) is 6.90. The molecule has 1 rings (SSSR count). The van der Waals surface area contributed by atoms with Gasteiger partial charge in [0.25, 0.3) is 0 Å². The van der Waals surface area contributed by atoms with E-state index in [4.69, 9.17) is 10.5 Å². The first-order chi connectivity index (χ1) is 9.62. The van der Waals surface area contributed by atoms with Crippen LogP contribution in [0.5, 0.6) is 0 Å². The van der Waals surface area contributed by atoms with Gasteiger partial charge in [0.15, 0.2) is 0 Å². The number of nitrogen functional groups attached to an aromatic ring is 1. The van der Waals surface area contributed by atoms with Gasteiger partial charge in [-0.15, -0.1) is 11.8 Å². The fourth-order valence-corrected chi connectivity index (χ4v) is 2.62. The Bertz CT molecular complexity index is 436. The van der Waals surface area contributed by atoms with Crippen molar-refractivity contribution in [2.75, 3.05) is 37.7 Å². The van der Waals surface area contributed by atoms with Gasteiger partial charge in [-0.1, -0.05) is 13.8 Å². The van der Waals surface area contributed by atoms with Crippen LogP contribution in [0.4, 0.5) is 5.69 Å². The molecule has 112 valence electrons. The van der Waals surface area contributed by atoms with E-state index in [1.807, 2.05) is 0 Å². The molecule has 1 aromatic rings. The molecule has 0 aromatic carbocycles. The molecule has 5 nitrogen and oxygen atoms in total. The minimum atomic E-state index is -0.391. The van der Waals surface area contributed by atoms with Crippen LogP contribution in [0.25, 0.3) is 0 Å². The van der Waals surface area contributed by atoms with Gasteiger partial charge in [-0.25, -0.2) is 9.78 Å². The molecule has 0 amide bonds. The van der Waals surface area contributed by atoms with E-state index < -0.39 is 5.97 Å². The Balaban J connectivity index is 2.63. The van der Waals surface area contributed by atoms with Crippen LogP contribution >= 0.6 is 11.8 Å². The Kier molecular flexibility index (Phi) is 7.40. The molecule has 0 aliphatic carbocycles. The third-order valence-corrected chi connectivity index (χ3v) is 3.86. The molecule has 0 unspecified atom stereocenters. The minimum Gasteiger partial charge on any atom is -0.462 e. The number of anilines is 1. The maximum atomic E-state index is 11.7. The van der Waals surface area contributed by atoms with E-state index in [1.54, 1.807) is 24.8 Å². The highest BCUT2D eigenvalue weighted by atomic mass is 32.2. The Morgan fingerprint density at radius 3 is 2.70 bits per heavy atom. The summed E-state index contributed by atoms with van der Waals surface area (Å²) in [4.78, 5) is 18.3. The number of nitrogens with two attached hydrogens (primary N) is 1. The Morgan fingerprint density at radius 2 is 2.10 bits per heavy atom. The topological polar surface area (TPSA) is 68.5 Å². The summed E-state index contributed by atoms with van der Waals surface area (Å²) < 4.78 is 4.98. The molecule has 1 aromatic heterocycles. The molecule has 6 heteroatoms. The van der Waals surface area contributed by atoms with Crippen molar-refractivity contribution < 1.29 is 9.53 Å². The number of rotatable bonds is 8. The zero-order chi connectivity index (χ0) is 15.0. The summed E-state index contributed by atoms with van der Waals surface area (Å²) in [6.07, 6.45) is 1.52. The fraction of sp³-hybridized carbons (Fsp3) is 0.571. The SMILES string of the molecule is CCOC(=O)c1cc(SCCN(CC)CC)ncc1N. The number of hydrogen-bond acceptors (Lipinski definition) is 6. The van der Waals surface area contributed by atoms with Gasteiger partial charge in [0.2, 0.25) is 0 Å². The number of nitrogens with zero attached hydrogens (tertiary/aromatic N) is 2. The van der Waals surface area contributed by atoms with E-state index in [1.165, 1.54) is 6.20 Å². The van der Waals surface area contributed by atoms with Crippen molar-refractivity contribution in [2.45, 2.75) is 25.8 Å². The molecule has 0 spiro atoms. The van der Waals surface area contributed by atoms with Gasteiger partial charge in [-0.3, -0.25) is 0 Å². The summed E-state index contributed by atoms with van der Waals surface area (Å²) in [7, 11) is 0. The number of carbonyl (C=O) groups is 1. The fourth-order valence-electron chi connectivity index (χ4n) is 1.73. The van der Waals surface area contributed by atoms with Crippen molar-refractivity contribution >= 4 is 23.4 Å². The lowest BCUT2D eigenvalue weighted by atomic mass is 10.2. The second-order valence-electron chi connectivity index (χ2n) is 4.21. The first-order valence-corrected chi connectivity index (χ1v) is 7.88. The van der Waals surface area contributed by atoms with Gasteiger partial charge in [-0.05, 0) is 26.1 Å². The zero-order valence-corrected chi connectivity index (χ0v) is 13.2. The van der Waals surface area contributed by atoms with Crippen LogP contribution < -0.4 is 5.73 Å². The van der Waals surface area contributed by atoms with Gasteiger partial charge in [0.1, 0.15) is 0 Å². The van der Waals surface area contributed by atoms with Gasteiger partial charge in [0, 0.05) is 12.3 Å².